The summed E-state index contributed by atoms with van der Waals surface area (Å²) in [5.41, 5.74) is 4.05. The lowest BCUT2D eigenvalue weighted by Crippen LogP contribution is -2.46. The maximum absolute atomic E-state index is 13.6. The van der Waals surface area contributed by atoms with Crippen molar-refractivity contribution >= 4 is 27.4 Å². The summed E-state index contributed by atoms with van der Waals surface area (Å²) >= 11 is 0. The number of carbonyl (C=O) groups is 1. The number of nitrogens with one attached hydrogen (secondary N) is 2. The lowest BCUT2D eigenvalue weighted by molar-refractivity contribution is 0.137. The molecule has 3 atom stereocenters. The van der Waals surface area contributed by atoms with Crippen LogP contribution in [0.15, 0.2) is 77.3 Å². The third-order valence-electron chi connectivity index (χ3n) is 8.33. The Labute approximate surface area is 270 Å². The van der Waals surface area contributed by atoms with Gasteiger partial charge in [-0.2, -0.15) is 9.46 Å². The van der Waals surface area contributed by atoms with Crippen molar-refractivity contribution in [3.05, 3.63) is 89.9 Å². The Bertz CT molecular complexity index is 1750. The van der Waals surface area contributed by atoms with Crippen molar-refractivity contribution in [3.8, 4) is 16.9 Å². The summed E-state index contributed by atoms with van der Waals surface area (Å²) in [6.45, 7) is 5.47. The van der Waals surface area contributed by atoms with Crippen LogP contribution in [0.2, 0.25) is 0 Å². The highest BCUT2D eigenvalue weighted by Gasteiger charge is 2.38. The number of rotatable bonds is 11. The van der Waals surface area contributed by atoms with Gasteiger partial charge in [0.2, 0.25) is 0 Å². The van der Waals surface area contributed by atoms with Gasteiger partial charge in [-0.1, -0.05) is 30.3 Å². The van der Waals surface area contributed by atoms with E-state index in [2.05, 4.69) is 31.8 Å². The molecule has 0 saturated carbocycles. The van der Waals surface area contributed by atoms with Gasteiger partial charge in [0.1, 0.15) is 11.6 Å². The van der Waals surface area contributed by atoms with Crippen LogP contribution in [0.25, 0.3) is 16.9 Å². The van der Waals surface area contributed by atoms with Gasteiger partial charge in [-0.25, -0.2) is 23.1 Å². The Morgan fingerprint density at radius 2 is 1.85 bits per heavy atom. The zero-order valence-electron chi connectivity index (χ0n) is 26.9. The highest BCUT2D eigenvalue weighted by molar-refractivity contribution is 7.92. The van der Waals surface area contributed by atoms with Crippen molar-refractivity contribution in [3.63, 3.8) is 0 Å². The van der Waals surface area contributed by atoms with Gasteiger partial charge in [0, 0.05) is 78.0 Å². The molecule has 2 aromatic heterocycles. The van der Waals surface area contributed by atoms with E-state index >= 15 is 0 Å². The first-order valence-electron chi connectivity index (χ1n) is 15.4. The molecule has 0 bridgehead atoms. The minimum Gasteiger partial charge on any atom is -0.385 e. The molecule has 0 radical (unpaired) electrons. The molecule has 5 rings (SSSR count). The van der Waals surface area contributed by atoms with Crippen LogP contribution in [0, 0.1) is 12.7 Å². The topological polar surface area (TPSA) is 114 Å². The van der Waals surface area contributed by atoms with E-state index in [4.69, 9.17) is 9.84 Å². The number of likely N-dealkylation sites (tertiary alicyclic amines) is 1. The molecule has 3 heterocycles. The molecule has 12 heteroatoms. The van der Waals surface area contributed by atoms with E-state index in [1.165, 1.54) is 12.1 Å². The highest BCUT2D eigenvalue weighted by Crippen LogP contribution is 2.32. The number of anilines is 1. The lowest BCUT2D eigenvalue weighted by atomic mass is 10.1. The van der Waals surface area contributed by atoms with Crippen LogP contribution in [0.4, 0.5) is 20.8 Å². The van der Waals surface area contributed by atoms with Gasteiger partial charge >= 0.3 is 6.03 Å². The van der Waals surface area contributed by atoms with E-state index < -0.39 is 9.73 Å². The third-order valence-corrected chi connectivity index (χ3v) is 8.96. The molecule has 1 aliphatic heterocycles. The molecule has 46 heavy (non-hydrogen) atoms. The fourth-order valence-corrected chi connectivity index (χ4v) is 6.55. The summed E-state index contributed by atoms with van der Waals surface area (Å²) in [5, 5.41) is 11.2. The Kier molecular flexibility index (Phi) is 10.5. The van der Waals surface area contributed by atoms with Crippen LogP contribution in [-0.4, -0.2) is 80.8 Å². The maximum Gasteiger partial charge on any atom is 0.320 e. The minimum absolute atomic E-state index is 0.0830. The number of urea groups is 1. The lowest BCUT2D eigenvalue weighted by Gasteiger charge is -2.29. The van der Waals surface area contributed by atoms with Crippen molar-refractivity contribution in [1.82, 2.24) is 25.0 Å². The highest BCUT2D eigenvalue weighted by atomic mass is 32.2. The zero-order chi connectivity index (χ0) is 32.8. The fourth-order valence-electron chi connectivity index (χ4n) is 5.99. The average Bonchev–Trinajstić information content (AvgIpc) is 3.50. The standard InChI is InChI=1S/C34H42FN7O3S/c1-23-32(26-13-16-31(36-22-26)40-46(4,5)44)39-42(28-9-7-6-8-10-28)33(23)38-34(43)37-30-21-29(18-20-45-3)41(24(30)2)19-17-25-11-14-27(35)15-12-25/h6-16,22,24,29-30H,17-21H2,1-5H3,(H2,37,38,43)/t24-,29+,30?/m0/s1. The van der Waals surface area contributed by atoms with Crippen LogP contribution >= 0.6 is 0 Å². The van der Waals surface area contributed by atoms with Crippen LogP contribution in [0.1, 0.15) is 30.9 Å². The number of carbonyl (C=O) groups excluding carboxylic acids is 1. The van der Waals surface area contributed by atoms with Crippen LogP contribution in [-0.2, 0) is 20.9 Å². The molecular weight excluding hydrogens is 605 g/mol. The molecule has 2 aromatic carbocycles. The number of benzene rings is 2. The average molecular weight is 648 g/mol. The number of amides is 2. The number of hydrogen-bond donors (Lipinski definition) is 2. The smallest absolute Gasteiger partial charge is 0.320 e. The summed E-state index contributed by atoms with van der Waals surface area (Å²) in [6, 6.07) is 19.7. The van der Waals surface area contributed by atoms with Gasteiger partial charge < -0.3 is 10.1 Å². The zero-order valence-corrected chi connectivity index (χ0v) is 27.8. The summed E-state index contributed by atoms with van der Waals surface area (Å²) in [5.74, 6) is 0.693. The van der Waals surface area contributed by atoms with Crippen molar-refractivity contribution < 1.29 is 18.1 Å². The second-order valence-electron chi connectivity index (χ2n) is 12.0. The van der Waals surface area contributed by atoms with E-state index in [-0.39, 0.29) is 30.0 Å². The Balaban J connectivity index is 1.35. The number of ether oxygens (including phenoxy) is 1. The summed E-state index contributed by atoms with van der Waals surface area (Å²) < 4.78 is 36.8. The number of nitrogens with zero attached hydrogens (tertiary/aromatic N) is 5. The molecule has 2 N–H and O–H groups in total. The second-order valence-corrected chi connectivity index (χ2v) is 14.5. The van der Waals surface area contributed by atoms with Crippen molar-refractivity contribution in [2.45, 2.75) is 51.2 Å². The molecule has 4 aromatic rings. The van der Waals surface area contributed by atoms with E-state index in [1.54, 1.807) is 36.6 Å². The Morgan fingerprint density at radius 3 is 2.50 bits per heavy atom. The molecular formula is C34H42FN7O3S. The van der Waals surface area contributed by atoms with Gasteiger partial charge in [0.25, 0.3) is 0 Å². The molecule has 0 spiro atoms. The van der Waals surface area contributed by atoms with E-state index in [0.717, 1.165) is 48.2 Å². The summed E-state index contributed by atoms with van der Waals surface area (Å²) in [6.07, 6.45) is 7.20. The van der Waals surface area contributed by atoms with E-state index in [1.807, 2.05) is 55.5 Å². The number of aromatic nitrogens is 3. The summed E-state index contributed by atoms with van der Waals surface area (Å²) in [7, 11) is -0.643. The van der Waals surface area contributed by atoms with E-state index in [0.29, 0.717) is 23.9 Å². The van der Waals surface area contributed by atoms with Gasteiger partial charge in [-0.15, -0.1) is 0 Å². The third kappa shape index (κ3) is 8.17. The van der Waals surface area contributed by atoms with Crippen LogP contribution in [0.3, 0.4) is 0 Å². The number of para-hydroxylation sites is 1. The first-order valence-corrected chi connectivity index (χ1v) is 17.7. The van der Waals surface area contributed by atoms with Gasteiger partial charge in [0.15, 0.2) is 5.82 Å². The monoisotopic (exact) mass is 647 g/mol. The van der Waals surface area contributed by atoms with Crippen LogP contribution in [0.5, 0.6) is 0 Å². The molecule has 0 aliphatic carbocycles. The number of methoxy groups -OCH3 is 1. The van der Waals surface area contributed by atoms with Gasteiger partial charge in [-0.3, -0.25) is 10.2 Å². The molecule has 1 saturated heterocycles. The Morgan fingerprint density at radius 1 is 1.11 bits per heavy atom. The van der Waals surface area contributed by atoms with Gasteiger partial charge in [0.05, 0.1) is 11.4 Å². The molecule has 1 fully saturated rings. The van der Waals surface area contributed by atoms with Crippen molar-refractivity contribution in [2.75, 3.05) is 38.1 Å². The maximum atomic E-state index is 13.6. The molecule has 2 amide bonds. The largest absolute Gasteiger partial charge is 0.385 e. The molecule has 244 valence electrons. The summed E-state index contributed by atoms with van der Waals surface area (Å²) in [4.78, 5) is 20.4. The number of hydrogen-bond acceptors (Lipinski definition) is 7. The predicted molar refractivity (Wildman–Crippen MR) is 181 cm³/mol. The molecule has 1 unspecified atom stereocenters. The predicted octanol–water partition coefficient (Wildman–Crippen LogP) is 5.97. The number of pyridine rings is 1. The van der Waals surface area contributed by atoms with Crippen molar-refractivity contribution in [2.24, 2.45) is 4.36 Å². The number of halogens is 1. The van der Waals surface area contributed by atoms with E-state index in [9.17, 15) is 13.4 Å². The second kappa shape index (κ2) is 14.5. The Hall–Kier alpha value is -4.13. The minimum atomic E-state index is -2.34. The van der Waals surface area contributed by atoms with Crippen LogP contribution < -0.4 is 10.6 Å². The van der Waals surface area contributed by atoms with Gasteiger partial charge in [-0.05, 0) is 75.1 Å². The molecule has 1 aliphatic rings. The van der Waals surface area contributed by atoms with Crippen molar-refractivity contribution in [1.29, 1.82) is 0 Å². The normalized spacial score (nSPS) is 18.4. The first kappa shape index (κ1) is 33.2. The SMILES string of the molecule is COCC[C@@H]1CC(NC(=O)Nc2c(C)c(-c3ccc(N=S(C)(C)=O)nc3)nn2-c2ccccc2)[C@H](C)N1CCc1ccc(F)cc1. The fraction of sp³-hybridized carbons (Fsp3) is 0.382. The first-order chi connectivity index (χ1) is 22.0. The molecule has 10 nitrogen and oxygen atoms in total. The quantitative estimate of drug-likeness (QED) is 0.207.